The number of nitrogens with one attached hydrogen (secondary N) is 1. The summed E-state index contributed by atoms with van der Waals surface area (Å²) in [5, 5.41) is 0.395. The zero-order valence-corrected chi connectivity index (χ0v) is 17.2. The Kier molecular flexibility index (Phi) is 5.94. The number of nitrogens with zero attached hydrogens (tertiary/aromatic N) is 1. The number of sulfonamides is 1. The minimum Gasteiger partial charge on any atom is -0.264 e. The molecule has 0 aliphatic carbocycles. The van der Waals surface area contributed by atoms with Gasteiger partial charge in [-0.2, -0.15) is 0 Å². The largest absolute Gasteiger partial charge is 0.264 e. The van der Waals surface area contributed by atoms with Crippen LogP contribution in [0, 0.1) is 12.7 Å². The van der Waals surface area contributed by atoms with Crippen molar-refractivity contribution in [2.45, 2.75) is 21.3 Å². The third kappa shape index (κ3) is 4.30. The third-order valence-corrected chi connectivity index (χ3v) is 9.03. The molecule has 148 valence electrons. The normalized spacial score (nSPS) is 13.4. The highest BCUT2D eigenvalue weighted by Gasteiger charge is 2.31. The second-order valence-corrected chi connectivity index (χ2v) is 11.1. The number of sulfone groups is 1. The first-order chi connectivity index (χ1) is 13.2. The molecule has 3 aromatic rings. The van der Waals surface area contributed by atoms with Crippen LogP contribution in [0.4, 0.5) is 4.39 Å². The molecule has 0 saturated carbocycles. The van der Waals surface area contributed by atoms with Crippen LogP contribution < -0.4 is 4.72 Å². The van der Waals surface area contributed by atoms with Crippen molar-refractivity contribution < 1.29 is 21.2 Å². The Hall–Kier alpha value is -2.14. The van der Waals surface area contributed by atoms with Crippen molar-refractivity contribution in [1.29, 1.82) is 0 Å². The van der Waals surface area contributed by atoms with E-state index >= 15 is 0 Å². The van der Waals surface area contributed by atoms with Gasteiger partial charge in [-0.25, -0.2) is 25.9 Å². The molecule has 1 N–H and O–H groups in total. The molecule has 0 amide bonds. The van der Waals surface area contributed by atoms with E-state index in [9.17, 15) is 21.2 Å². The molecule has 0 radical (unpaired) electrons. The molecule has 0 bridgehead atoms. The lowest BCUT2D eigenvalue weighted by Crippen LogP contribution is -2.31. The predicted molar refractivity (Wildman–Crippen MR) is 105 cm³/mol. The Bertz CT molecular complexity index is 1160. The summed E-state index contributed by atoms with van der Waals surface area (Å²) in [4.78, 5) is 3.85. The zero-order chi connectivity index (χ0) is 20.4. The summed E-state index contributed by atoms with van der Waals surface area (Å²) in [6, 6.07) is 9.65. The first-order valence-corrected chi connectivity index (χ1v) is 12.1. The van der Waals surface area contributed by atoms with Gasteiger partial charge >= 0.3 is 0 Å². The maximum Gasteiger partial charge on any atom is 0.250 e. The van der Waals surface area contributed by atoms with Gasteiger partial charge in [-0.15, -0.1) is 11.3 Å². The standard InChI is InChI=1S/C18H17FN2O4S3/c1-13-10-15(6-7-16(13)19)27(22,23)17(14-4-2-8-20-11-14)12-21-28(24,25)18-5-3-9-26-18/h2-11,17,21H,12H2,1H3. The van der Waals surface area contributed by atoms with E-state index in [1.165, 1.54) is 37.5 Å². The predicted octanol–water partition coefficient (Wildman–Crippen LogP) is 3.08. The van der Waals surface area contributed by atoms with E-state index in [2.05, 4.69) is 9.71 Å². The number of hydrogen-bond acceptors (Lipinski definition) is 6. The molecule has 28 heavy (non-hydrogen) atoms. The topological polar surface area (TPSA) is 93.2 Å². The fourth-order valence-corrected chi connectivity index (χ4v) is 6.52. The van der Waals surface area contributed by atoms with Crippen molar-refractivity contribution in [3.05, 3.63) is 77.2 Å². The van der Waals surface area contributed by atoms with E-state index in [0.29, 0.717) is 5.56 Å². The van der Waals surface area contributed by atoms with E-state index in [0.717, 1.165) is 17.4 Å². The van der Waals surface area contributed by atoms with E-state index in [1.807, 2.05) is 0 Å². The highest BCUT2D eigenvalue weighted by molar-refractivity contribution is 7.92. The Morgan fingerprint density at radius 2 is 1.93 bits per heavy atom. The van der Waals surface area contributed by atoms with Crippen LogP contribution in [-0.4, -0.2) is 28.4 Å². The van der Waals surface area contributed by atoms with Crippen LogP contribution in [0.15, 0.2) is 69.3 Å². The Balaban J connectivity index is 1.99. The number of thiophene rings is 1. The summed E-state index contributed by atoms with van der Waals surface area (Å²) < 4.78 is 67.3. The molecule has 2 heterocycles. The van der Waals surface area contributed by atoms with Gasteiger partial charge in [-0.05, 0) is 53.8 Å². The summed E-state index contributed by atoms with van der Waals surface area (Å²) >= 11 is 1.03. The smallest absolute Gasteiger partial charge is 0.250 e. The van der Waals surface area contributed by atoms with Gasteiger partial charge in [0.1, 0.15) is 15.3 Å². The van der Waals surface area contributed by atoms with Crippen LogP contribution in [0.5, 0.6) is 0 Å². The van der Waals surface area contributed by atoms with Gasteiger partial charge in [0.25, 0.3) is 0 Å². The van der Waals surface area contributed by atoms with Crippen molar-refractivity contribution >= 4 is 31.2 Å². The fourth-order valence-electron chi connectivity index (χ4n) is 2.60. The highest BCUT2D eigenvalue weighted by atomic mass is 32.2. The lowest BCUT2D eigenvalue weighted by atomic mass is 10.2. The lowest BCUT2D eigenvalue weighted by Gasteiger charge is -2.19. The second-order valence-electron chi connectivity index (χ2n) is 6.01. The summed E-state index contributed by atoms with van der Waals surface area (Å²) in [6.45, 7) is 1.08. The Morgan fingerprint density at radius 1 is 1.14 bits per heavy atom. The molecule has 10 heteroatoms. The maximum atomic E-state index is 13.6. The van der Waals surface area contributed by atoms with Crippen LogP contribution in [0.2, 0.25) is 0 Å². The fraction of sp³-hybridized carbons (Fsp3) is 0.167. The average Bonchev–Trinajstić information content (AvgIpc) is 3.20. The minimum absolute atomic E-state index is 0.0874. The van der Waals surface area contributed by atoms with E-state index in [4.69, 9.17) is 0 Å². The van der Waals surface area contributed by atoms with Crippen molar-refractivity contribution in [3.8, 4) is 0 Å². The van der Waals surface area contributed by atoms with Gasteiger partial charge in [0.2, 0.25) is 10.0 Å². The SMILES string of the molecule is Cc1cc(S(=O)(=O)C(CNS(=O)(=O)c2cccs2)c2cccnc2)ccc1F. The van der Waals surface area contributed by atoms with Gasteiger partial charge in [-0.1, -0.05) is 12.1 Å². The summed E-state index contributed by atoms with van der Waals surface area (Å²) in [6.07, 6.45) is 2.86. The zero-order valence-electron chi connectivity index (χ0n) is 14.7. The van der Waals surface area contributed by atoms with Crippen molar-refractivity contribution in [2.24, 2.45) is 0 Å². The molecular weight excluding hydrogens is 423 g/mol. The van der Waals surface area contributed by atoms with Gasteiger partial charge in [0.15, 0.2) is 9.84 Å². The van der Waals surface area contributed by atoms with Crippen LogP contribution in [-0.2, 0) is 19.9 Å². The number of aromatic nitrogens is 1. The van der Waals surface area contributed by atoms with Crippen LogP contribution in [0.3, 0.4) is 0 Å². The monoisotopic (exact) mass is 440 g/mol. The molecule has 0 saturated heterocycles. The number of benzene rings is 1. The van der Waals surface area contributed by atoms with Crippen molar-refractivity contribution in [1.82, 2.24) is 9.71 Å². The van der Waals surface area contributed by atoms with E-state index < -0.39 is 30.9 Å². The number of pyridine rings is 1. The quantitative estimate of drug-likeness (QED) is 0.570. The highest BCUT2D eigenvalue weighted by Crippen LogP contribution is 2.29. The molecule has 0 aliphatic heterocycles. The van der Waals surface area contributed by atoms with Crippen LogP contribution >= 0.6 is 11.3 Å². The van der Waals surface area contributed by atoms with Gasteiger partial charge in [0, 0.05) is 18.9 Å². The van der Waals surface area contributed by atoms with Gasteiger partial charge in [0.05, 0.1) is 4.90 Å². The summed E-state index contributed by atoms with van der Waals surface area (Å²) in [5.74, 6) is -0.518. The van der Waals surface area contributed by atoms with E-state index in [1.54, 1.807) is 23.6 Å². The van der Waals surface area contributed by atoms with Crippen LogP contribution in [0.25, 0.3) is 0 Å². The molecule has 0 spiro atoms. The Morgan fingerprint density at radius 3 is 2.54 bits per heavy atom. The van der Waals surface area contributed by atoms with Gasteiger partial charge < -0.3 is 0 Å². The molecule has 1 atom stereocenters. The number of halogens is 1. The molecule has 0 aliphatic rings. The van der Waals surface area contributed by atoms with Gasteiger partial charge in [-0.3, -0.25) is 4.98 Å². The number of hydrogen-bond donors (Lipinski definition) is 1. The molecule has 3 rings (SSSR count). The van der Waals surface area contributed by atoms with Crippen molar-refractivity contribution in [3.63, 3.8) is 0 Å². The number of aryl methyl sites for hydroxylation is 1. The van der Waals surface area contributed by atoms with Crippen molar-refractivity contribution in [2.75, 3.05) is 6.54 Å². The molecular formula is C18H17FN2O4S3. The van der Waals surface area contributed by atoms with Crippen LogP contribution in [0.1, 0.15) is 16.4 Å². The van der Waals surface area contributed by atoms with E-state index in [-0.39, 0.29) is 21.2 Å². The summed E-state index contributed by atoms with van der Waals surface area (Å²) in [7, 11) is -7.87. The second kappa shape index (κ2) is 8.08. The molecule has 1 aromatic carbocycles. The molecule has 0 fully saturated rings. The first-order valence-electron chi connectivity index (χ1n) is 8.15. The molecule has 1 unspecified atom stereocenters. The summed E-state index contributed by atoms with van der Waals surface area (Å²) in [5.41, 5.74) is 0.517. The lowest BCUT2D eigenvalue weighted by molar-refractivity contribution is 0.569. The third-order valence-electron chi connectivity index (χ3n) is 4.11. The number of rotatable bonds is 7. The average molecular weight is 441 g/mol. The molecule has 2 aromatic heterocycles. The first kappa shape index (κ1) is 20.6. The minimum atomic E-state index is -4.01. The Labute approximate surface area is 167 Å². The maximum absolute atomic E-state index is 13.6. The molecule has 6 nitrogen and oxygen atoms in total.